The lowest BCUT2D eigenvalue weighted by Gasteiger charge is -2.26. The van der Waals surface area contributed by atoms with Crippen molar-refractivity contribution >= 4 is 5.91 Å². The molecule has 0 saturated carbocycles. The Hall–Kier alpha value is -1.39. The number of rotatable bonds is 6. The molecule has 4 nitrogen and oxygen atoms in total. The average Bonchev–Trinajstić information content (AvgIpc) is 2.49. The molecule has 1 N–H and O–H groups in total. The molecular formula is C16H24N2O2. The van der Waals surface area contributed by atoms with Gasteiger partial charge in [-0.2, -0.15) is 0 Å². The van der Waals surface area contributed by atoms with E-state index in [1.165, 1.54) is 11.1 Å². The summed E-state index contributed by atoms with van der Waals surface area (Å²) >= 11 is 0. The zero-order chi connectivity index (χ0) is 14.4. The lowest BCUT2D eigenvalue weighted by Crippen LogP contribution is -2.39. The Morgan fingerprint density at radius 3 is 2.85 bits per heavy atom. The van der Waals surface area contributed by atoms with Gasteiger partial charge in [-0.1, -0.05) is 24.3 Å². The number of fused-ring (bicyclic) bond motifs is 1. The van der Waals surface area contributed by atoms with Crippen LogP contribution < -0.4 is 5.32 Å². The first-order chi connectivity index (χ1) is 9.76. The summed E-state index contributed by atoms with van der Waals surface area (Å²) in [6.07, 6.45) is 1.04. The van der Waals surface area contributed by atoms with E-state index < -0.39 is 0 Å². The summed E-state index contributed by atoms with van der Waals surface area (Å²) in [5, 5.41) is 3.23. The van der Waals surface area contributed by atoms with Crippen molar-refractivity contribution in [2.75, 3.05) is 32.8 Å². The topological polar surface area (TPSA) is 41.6 Å². The second kappa shape index (κ2) is 7.41. The number of nitrogens with one attached hydrogen (secondary N) is 1. The fourth-order valence-corrected chi connectivity index (χ4v) is 2.64. The molecule has 1 unspecified atom stereocenters. The van der Waals surface area contributed by atoms with Gasteiger partial charge in [0.05, 0.1) is 19.3 Å². The molecule has 0 bridgehead atoms. The number of amides is 1. The summed E-state index contributed by atoms with van der Waals surface area (Å²) in [5.41, 5.74) is 2.61. The van der Waals surface area contributed by atoms with E-state index in [4.69, 9.17) is 4.74 Å². The van der Waals surface area contributed by atoms with Crippen molar-refractivity contribution < 1.29 is 9.53 Å². The van der Waals surface area contributed by atoms with Crippen molar-refractivity contribution in [3.05, 3.63) is 35.4 Å². The SMILES string of the molecule is CCN(CC)C(=O)CNCC1OCCc2ccccc21. The molecule has 2 rings (SSSR count). The first-order valence-corrected chi connectivity index (χ1v) is 7.44. The summed E-state index contributed by atoms with van der Waals surface area (Å²) < 4.78 is 5.81. The maximum absolute atomic E-state index is 11.9. The molecule has 4 heteroatoms. The van der Waals surface area contributed by atoms with E-state index in [-0.39, 0.29) is 12.0 Å². The third kappa shape index (κ3) is 3.58. The minimum Gasteiger partial charge on any atom is -0.372 e. The minimum absolute atomic E-state index is 0.0597. The summed E-state index contributed by atoms with van der Waals surface area (Å²) in [6.45, 7) is 7.35. The number of hydrogen-bond donors (Lipinski definition) is 1. The maximum atomic E-state index is 11.9. The molecule has 0 fully saturated rings. The highest BCUT2D eigenvalue weighted by molar-refractivity contribution is 5.78. The normalized spacial score (nSPS) is 17.6. The Balaban J connectivity index is 1.85. The zero-order valence-electron chi connectivity index (χ0n) is 12.4. The van der Waals surface area contributed by atoms with Crippen LogP contribution in [0.1, 0.15) is 31.1 Å². The Bertz CT molecular complexity index is 444. The fraction of sp³-hybridized carbons (Fsp3) is 0.562. The highest BCUT2D eigenvalue weighted by Gasteiger charge is 2.20. The van der Waals surface area contributed by atoms with Crippen molar-refractivity contribution in [1.82, 2.24) is 10.2 Å². The van der Waals surface area contributed by atoms with E-state index in [9.17, 15) is 4.79 Å². The van der Waals surface area contributed by atoms with Gasteiger partial charge in [-0.25, -0.2) is 0 Å². The molecule has 0 radical (unpaired) electrons. The van der Waals surface area contributed by atoms with E-state index in [0.717, 1.165) is 26.1 Å². The van der Waals surface area contributed by atoms with Gasteiger partial charge in [0.1, 0.15) is 0 Å². The van der Waals surface area contributed by atoms with Crippen LogP contribution in [-0.4, -0.2) is 43.6 Å². The number of likely N-dealkylation sites (N-methyl/N-ethyl adjacent to an activating group) is 1. The van der Waals surface area contributed by atoms with E-state index in [1.807, 2.05) is 24.8 Å². The summed E-state index contributed by atoms with van der Waals surface area (Å²) in [4.78, 5) is 13.8. The summed E-state index contributed by atoms with van der Waals surface area (Å²) in [6, 6.07) is 8.39. The third-order valence-corrected chi connectivity index (χ3v) is 3.81. The van der Waals surface area contributed by atoms with Crippen molar-refractivity contribution in [3.8, 4) is 0 Å². The lowest BCUT2D eigenvalue weighted by molar-refractivity contribution is -0.129. The average molecular weight is 276 g/mol. The molecule has 1 aliphatic rings. The molecule has 0 aliphatic carbocycles. The second-order valence-electron chi connectivity index (χ2n) is 5.01. The number of carbonyl (C=O) groups is 1. The van der Waals surface area contributed by atoms with Gasteiger partial charge in [0.2, 0.25) is 5.91 Å². The van der Waals surface area contributed by atoms with Crippen molar-refractivity contribution in [1.29, 1.82) is 0 Å². The number of hydrogen-bond acceptors (Lipinski definition) is 3. The standard InChI is InChI=1S/C16H24N2O2/c1-3-18(4-2)16(19)12-17-11-15-14-8-6-5-7-13(14)9-10-20-15/h5-8,15,17H,3-4,9-12H2,1-2H3. The number of nitrogens with zero attached hydrogens (tertiary/aromatic N) is 1. The Morgan fingerprint density at radius 2 is 2.10 bits per heavy atom. The van der Waals surface area contributed by atoms with Gasteiger partial charge in [-0.3, -0.25) is 4.79 Å². The molecule has 0 spiro atoms. The van der Waals surface area contributed by atoms with E-state index in [0.29, 0.717) is 13.1 Å². The largest absolute Gasteiger partial charge is 0.372 e. The molecule has 1 amide bonds. The monoisotopic (exact) mass is 276 g/mol. The third-order valence-electron chi connectivity index (χ3n) is 3.81. The quantitative estimate of drug-likeness (QED) is 0.861. The van der Waals surface area contributed by atoms with Crippen molar-refractivity contribution in [3.63, 3.8) is 0 Å². The summed E-state index contributed by atoms with van der Waals surface area (Å²) in [5.74, 6) is 0.152. The van der Waals surface area contributed by atoms with Crippen LogP contribution in [0.5, 0.6) is 0 Å². The minimum atomic E-state index is 0.0597. The molecule has 20 heavy (non-hydrogen) atoms. The lowest BCUT2D eigenvalue weighted by atomic mass is 9.97. The van der Waals surface area contributed by atoms with Gasteiger partial charge < -0.3 is 15.0 Å². The molecule has 1 aromatic carbocycles. The second-order valence-corrected chi connectivity index (χ2v) is 5.01. The molecular weight excluding hydrogens is 252 g/mol. The van der Waals surface area contributed by atoms with Gasteiger partial charge in [-0.15, -0.1) is 0 Å². The van der Waals surface area contributed by atoms with Gasteiger partial charge in [0, 0.05) is 19.6 Å². The first kappa shape index (κ1) is 15.0. The molecule has 0 saturated heterocycles. The molecule has 1 aromatic rings. The molecule has 0 aromatic heterocycles. The van der Waals surface area contributed by atoms with Crippen LogP contribution in [0.2, 0.25) is 0 Å². The van der Waals surface area contributed by atoms with Crippen LogP contribution in [0.15, 0.2) is 24.3 Å². The van der Waals surface area contributed by atoms with E-state index >= 15 is 0 Å². The predicted octanol–water partition coefficient (Wildman–Crippen LogP) is 1.76. The van der Waals surface area contributed by atoms with E-state index in [2.05, 4.69) is 23.5 Å². The van der Waals surface area contributed by atoms with Crippen LogP contribution in [0.3, 0.4) is 0 Å². The molecule has 1 aliphatic heterocycles. The smallest absolute Gasteiger partial charge is 0.236 e. The number of carbonyl (C=O) groups excluding carboxylic acids is 1. The van der Waals surface area contributed by atoms with Crippen LogP contribution >= 0.6 is 0 Å². The van der Waals surface area contributed by atoms with Gasteiger partial charge >= 0.3 is 0 Å². The first-order valence-electron chi connectivity index (χ1n) is 7.44. The highest BCUT2D eigenvalue weighted by atomic mass is 16.5. The van der Waals surface area contributed by atoms with E-state index in [1.54, 1.807) is 0 Å². The van der Waals surface area contributed by atoms with Gasteiger partial charge in [0.15, 0.2) is 0 Å². The Kier molecular flexibility index (Phi) is 5.56. The number of benzene rings is 1. The molecule has 1 heterocycles. The van der Waals surface area contributed by atoms with Crippen LogP contribution in [-0.2, 0) is 16.0 Å². The Labute approximate surface area is 121 Å². The van der Waals surface area contributed by atoms with Crippen LogP contribution in [0.25, 0.3) is 0 Å². The zero-order valence-corrected chi connectivity index (χ0v) is 12.4. The highest BCUT2D eigenvalue weighted by Crippen LogP contribution is 2.25. The van der Waals surface area contributed by atoms with Gasteiger partial charge in [0.25, 0.3) is 0 Å². The van der Waals surface area contributed by atoms with Crippen LogP contribution in [0.4, 0.5) is 0 Å². The number of ether oxygens (including phenoxy) is 1. The maximum Gasteiger partial charge on any atom is 0.236 e. The van der Waals surface area contributed by atoms with Gasteiger partial charge in [-0.05, 0) is 31.4 Å². The molecule has 1 atom stereocenters. The van der Waals surface area contributed by atoms with Crippen LogP contribution in [0, 0.1) is 0 Å². The van der Waals surface area contributed by atoms with Crippen molar-refractivity contribution in [2.24, 2.45) is 0 Å². The fourth-order valence-electron chi connectivity index (χ4n) is 2.64. The Morgan fingerprint density at radius 1 is 1.35 bits per heavy atom. The molecule has 110 valence electrons. The summed E-state index contributed by atoms with van der Waals surface area (Å²) in [7, 11) is 0. The van der Waals surface area contributed by atoms with Crippen molar-refractivity contribution in [2.45, 2.75) is 26.4 Å². The predicted molar refractivity (Wildman–Crippen MR) is 79.6 cm³/mol.